The molecule has 0 radical (unpaired) electrons. The van der Waals surface area contributed by atoms with Crippen LogP contribution in [0, 0.1) is 0 Å². The molecule has 1 aromatic rings. The lowest BCUT2D eigenvalue weighted by Gasteiger charge is -2.27. The molecule has 0 atom stereocenters. The van der Waals surface area contributed by atoms with E-state index >= 15 is 0 Å². The van der Waals surface area contributed by atoms with E-state index in [0.717, 1.165) is 26.2 Å². The number of aromatic nitrogens is 1. The molecule has 2 rings (SSSR count). The number of ether oxygens (including phenoxy) is 1. The summed E-state index contributed by atoms with van der Waals surface area (Å²) in [5.41, 5.74) is 0. The van der Waals surface area contributed by atoms with Gasteiger partial charge in [0.25, 0.3) is 0 Å². The zero-order chi connectivity index (χ0) is 12.8. The Labute approximate surface area is 106 Å². The van der Waals surface area contributed by atoms with Crippen molar-refractivity contribution in [2.75, 3.05) is 45.2 Å². The number of rotatable bonds is 4. The standard InChI is InChI=1S/C12H18N4O2/c1-18-11-4-2-3-10(15-11)14-9-12(17)16-7-5-13-6-8-16/h2-4,13H,5-9H2,1H3,(H,14,15). The molecule has 2 N–H and O–H groups in total. The number of anilines is 1. The van der Waals surface area contributed by atoms with Gasteiger partial charge in [0.2, 0.25) is 11.8 Å². The number of hydrogen-bond donors (Lipinski definition) is 2. The molecule has 6 nitrogen and oxygen atoms in total. The first-order valence-corrected chi connectivity index (χ1v) is 6.03. The molecule has 1 aliphatic rings. The van der Waals surface area contributed by atoms with Crippen LogP contribution in [0.3, 0.4) is 0 Å². The summed E-state index contributed by atoms with van der Waals surface area (Å²) in [6.45, 7) is 3.53. The minimum Gasteiger partial charge on any atom is -0.481 e. The average molecular weight is 250 g/mol. The number of nitrogens with zero attached hydrogens (tertiary/aromatic N) is 2. The second-order valence-electron chi connectivity index (χ2n) is 4.05. The van der Waals surface area contributed by atoms with Crippen LogP contribution < -0.4 is 15.4 Å². The highest BCUT2D eigenvalue weighted by atomic mass is 16.5. The Bertz CT molecular complexity index is 405. The molecule has 0 aromatic carbocycles. The second kappa shape index (κ2) is 6.20. The highest BCUT2D eigenvalue weighted by Gasteiger charge is 2.15. The van der Waals surface area contributed by atoms with Crippen LogP contribution in [0.2, 0.25) is 0 Å². The van der Waals surface area contributed by atoms with Crippen LogP contribution in [0.4, 0.5) is 5.82 Å². The lowest BCUT2D eigenvalue weighted by atomic mass is 10.3. The number of carbonyl (C=O) groups is 1. The van der Waals surface area contributed by atoms with Crippen molar-refractivity contribution in [3.8, 4) is 5.88 Å². The van der Waals surface area contributed by atoms with E-state index < -0.39 is 0 Å². The van der Waals surface area contributed by atoms with E-state index in [2.05, 4.69) is 15.6 Å². The molecule has 6 heteroatoms. The summed E-state index contributed by atoms with van der Waals surface area (Å²) < 4.78 is 5.02. The Kier molecular flexibility index (Phi) is 4.35. The largest absolute Gasteiger partial charge is 0.481 e. The van der Waals surface area contributed by atoms with E-state index in [0.29, 0.717) is 11.7 Å². The average Bonchev–Trinajstić information content (AvgIpc) is 2.46. The molecular formula is C12H18N4O2. The van der Waals surface area contributed by atoms with Gasteiger partial charge in [0.15, 0.2) is 0 Å². The molecule has 0 bridgehead atoms. The van der Waals surface area contributed by atoms with E-state index in [-0.39, 0.29) is 12.5 Å². The minimum atomic E-state index is 0.0983. The van der Waals surface area contributed by atoms with Gasteiger partial charge in [0.1, 0.15) is 5.82 Å². The van der Waals surface area contributed by atoms with E-state index in [1.807, 2.05) is 17.0 Å². The monoisotopic (exact) mass is 250 g/mol. The molecule has 0 saturated carbocycles. The van der Waals surface area contributed by atoms with Gasteiger partial charge in [-0.05, 0) is 6.07 Å². The Morgan fingerprint density at radius 3 is 3.00 bits per heavy atom. The van der Waals surface area contributed by atoms with Crippen molar-refractivity contribution in [1.82, 2.24) is 15.2 Å². The Hall–Kier alpha value is -1.82. The Balaban J connectivity index is 1.84. The maximum absolute atomic E-state index is 11.9. The molecule has 2 heterocycles. The van der Waals surface area contributed by atoms with Gasteiger partial charge in [0, 0.05) is 32.2 Å². The molecular weight excluding hydrogens is 232 g/mol. The number of nitrogens with one attached hydrogen (secondary N) is 2. The smallest absolute Gasteiger partial charge is 0.242 e. The normalized spacial score (nSPS) is 15.3. The lowest BCUT2D eigenvalue weighted by molar-refractivity contribution is -0.129. The summed E-state index contributed by atoms with van der Waals surface area (Å²) >= 11 is 0. The number of piperazine rings is 1. The summed E-state index contributed by atoms with van der Waals surface area (Å²) in [4.78, 5) is 17.9. The zero-order valence-electron chi connectivity index (χ0n) is 10.5. The summed E-state index contributed by atoms with van der Waals surface area (Å²) in [7, 11) is 1.57. The van der Waals surface area contributed by atoms with Crippen LogP contribution in [-0.2, 0) is 4.79 Å². The topological polar surface area (TPSA) is 66.5 Å². The summed E-state index contributed by atoms with van der Waals surface area (Å²) in [5, 5.41) is 6.23. The van der Waals surface area contributed by atoms with E-state index in [1.165, 1.54) is 0 Å². The summed E-state index contributed by atoms with van der Waals surface area (Å²) in [6, 6.07) is 5.42. The summed E-state index contributed by atoms with van der Waals surface area (Å²) in [5.74, 6) is 1.29. The van der Waals surface area contributed by atoms with Gasteiger partial charge in [0.05, 0.1) is 13.7 Å². The van der Waals surface area contributed by atoms with Crippen LogP contribution in [0.1, 0.15) is 0 Å². The fraction of sp³-hybridized carbons (Fsp3) is 0.500. The third-order valence-electron chi connectivity index (χ3n) is 2.82. The van der Waals surface area contributed by atoms with Crippen LogP contribution >= 0.6 is 0 Å². The lowest BCUT2D eigenvalue weighted by Crippen LogP contribution is -2.48. The molecule has 1 aliphatic heterocycles. The van der Waals surface area contributed by atoms with Crippen LogP contribution in [0.5, 0.6) is 5.88 Å². The van der Waals surface area contributed by atoms with E-state index in [4.69, 9.17) is 4.74 Å². The Morgan fingerprint density at radius 1 is 1.50 bits per heavy atom. The third kappa shape index (κ3) is 3.33. The number of amides is 1. The van der Waals surface area contributed by atoms with Crippen molar-refractivity contribution in [1.29, 1.82) is 0 Å². The molecule has 98 valence electrons. The van der Waals surface area contributed by atoms with Gasteiger partial charge < -0.3 is 20.3 Å². The minimum absolute atomic E-state index is 0.0983. The molecule has 0 unspecified atom stereocenters. The van der Waals surface area contributed by atoms with Crippen molar-refractivity contribution >= 4 is 11.7 Å². The Morgan fingerprint density at radius 2 is 2.28 bits per heavy atom. The van der Waals surface area contributed by atoms with Gasteiger partial charge in [-0.2, -0.15) is 4.98 Å². The fourth-order valence-electron chi connectivity index (χ4n) is 1.82. The van der Waals surface area contributed by atoms with Gasteiger partial charge in [-0.1, -0.05) is 6.07 Å². The molecule has 1 aromatic heterocycles. The molecule has 0 aliphatic carbocycles. The second-order valence-corrected chi connectivity index (χ2v) is 4.05. The van der Waals surface area contributed by atoms with Crippen LogP contribution in [0.15, 0.2) is 18.2 Å². The van der Waals surface area contributed by atoms with Crippen molar-refractivity contribution in [2.24, 2.45) is 0 Å². The van der Waals surface area contributed by atoms with Crippen LogP contribution in [-0.4, -0.2) is 55.6 Å². The van der Waals surface area contributed by atoms with Gasteiger partial charge in [-0.25, -0.2) is 0 Å². The van der Waals surface area contributed by atoms with Crippen molar-refractivity contribution < 1.29 is 9.53 Å². The molecule has 0 spiro atoms. The number of carbonyl (C=O) groups excluding carboxylic acids is 1. The fourth-order valence-corrected chi connectivity index (χ4v) is 1.82. The maximum Gasteiger partial charge on any atom is 0.242 e. The number of hydrogen-bond acceptors (Lipinski definition) is 5. The molecule has 1 fully saturated rings. The SMILES string of the molecule is COc1cccc(NCC(=O)N2CCNCC2)n1. The maximum atomic E-state index is 11.9. The summed E-state index contributed by atoms with van der Waals surface area (Å²) in [6.07, 6.45) is 0. The highest BCUT2D eigenvalue weighted by Crippen LogP contribution is 2.10. The van der Waals surface area contributed by atoms with E-state index in [9.17, 15) is 4.79 Å². The van der Waals surface area contributed by atoms with Crippen molar-refractivity contribution in [3.63, 3.8) is 0 Å². The number of pyridine rings is 1. The van der Waals surface area contributed by atoms with Gasteiger partial charge >= 0.3 is 0 Å². The van der Waals surface area contributed by atoms with E-state index in [1.54, 1.807) is 13.2 Å². The van der Waals surface area contributed by atoms with Crippen LogP contribution in [0.25, 0.3) is 0 Å². The zero-order valence-corrected chi connectivity index (χ0v) is 10.5. The van der Waals surface area contributed by atoms with Gasteiger partial charge in [-0.15, -0.1) is 0 Å². The molecule has 1 saturated heterocycles. The molecule has 1 amide bonds. The first kappa shape index (κ1) is 12.6. The first-order chi connectivity index (χ1) is 8.79. The first-order valence-electron chi connectivity index (χ1n) is 6.03. The highest BCUT2D eigenvalue weighted by molar-refractivity contribution is 5.80. The van der Waals surface area contributed by atoms with Crippen molar-refractivity contribution in [2.45, 2.75) is 0 Å². The molecule has 18 heavy (non-hydrogen) atoms. The van der Waals surface area contributed by atoms with Gasteiger partial charge in [-0.3, -0.25) is 4.79 Å². The third-order valence-corrected chi connectivity index (χ3v) is 2.82. The van der Waals surface area contributed by atoms with Crippen molar-refractivity contribution in [3.05, 3.63) is 18.2 Å². The quantitative estimate of drug-likeness (QED) is 0.783. The predicted molar refractivity (Wildman–Crippen MR) is 68.7 cm³/mol. The number of methoxy groups -OCH3 is 1. The predicted octanol–water partition coefficient (Wildman–Crippen LogP) is -0.0661.